The van der Waals surface area contributed by atoms with Crippen LogP contribution in [0.1, 0.15) is 51.0 Å². The Hall–Kier alpha value is -0.980. The van der Waals surface area contributed by atoms with Crippen molar-refractivity contribution in [3.63, 3.8) is 0 Å². The van der Waals surface area contributed by atoms with Crippen LogP contribution in [0.5, 0.6) is 5.75 Å². The van der Waals surface area contributed by atoms with Gasteiger partial charge in [-0.25, -0.2) is 0 Å². The lowest BCUT2D eigenvalue weighted by Gasteiger charge is -2.25. The highest BCUT2D eigenvalue weighted by Gasteiger charge is 2.18. The highest BCUT2D eigenvalue weighted by atomic mass is 16.5. The van der Waals surface area contributed by atoms with Crippen LogP contribution in [0.4, 0.5) is 0 Å². The lowest BCUT2D eigenvalue weighted by Crippen LogP contribution is -2.22. The number of aryl methyl sites for hydroxylation is 1. The van der Waals surface area contributed by atoms with Crippen LogP contribution in [0.2, 0.25) is 0 Å². The molecule has 0 aromatic heterocycles. The maximum atomic E-state index is 5.99. The number of hydrogen-bond donors (Lipinski definition) is 0. The van der Waals surface area contributed by atoms with E-state index in [0.29, 0.717) is 6.10 Å². The van der Waals surface area contributed by atoms with Crippen molar-refractivity contribution in [2.45, 2.75) is 58.0 Å². The minimum absolute atomic E-state index is 0.451. The van der Waals surface area contributed by atoms with E-state index >= 15 is 0 Å². The zero-order valence-electron chi connectivity index (χ0n) is 10.2. The number of benzene rings is 1. The van der Waals surface area contributed by atoms with Gasteiger partial charge in [-0.1, -0.05) is 32.3 Å². The molecule has 1 atom stereocenters. The smallest absolute Gasteiger partial charge is 0.122 e. The summed E-state index contributed by atoms with van der Waals surface area (Å²) in [5.74, 6) is 1.09. The van der Waals surface area contributed by atoms with E-state index in [4.69, 9.17) is 4.74 Å². The molecule has 1 heterocycles. The van der Waals surface area contributed by atoms with E-state index in [1.807, 2.05) is 12.1 Å². The van der Waals surface area contributed by atoms with E-state index in [9.17, 15) is 0 Å². The standard InChI is InChI=1S/C15H21O/c1-2-3-4-5-9-14-12-11-13-8-6-7-10-15(13)16-14/h7-8,10,14H,2-5,9,11-12H2,1H3. The topological polar surface area (TPSA) is 9.23 Å². The van der Waals surface area contributed by atoms with Crippen LogP contribution in [0.25, 0.3) is 0 Å². The van der Waals surface area contributed by atoms with Gasteiger partial charge in [0.05, 0.1) is 6.10 Å². The van der Waals surface area contributed by atoms with Crippen molar-refractivity contribution in [1.29, 1.82) is 0 Å². The SMILES string of the molecule is CCCCCCC1CCc2c[c]ccc2O1. The third kappa shape index (κ3) is 3.01. The van der Waals surface area contributed by atoms with E-state index < -0.39 is 0 Å². The minimum Gasteiger partial charge on any atom is -0.490 e. The number of ether oxygens (including phenoxy) is 1. The minimum atomic E-state index is 0.451. The average molecular weight is 217 g/mol. The summed E-state index contributed by atoms with van der Waals surface area (Å²) < 4.78 is 5.99. The summed E-state index contributed by atoms with van der Waals surface area (Å²) in [6, 6.07) is 9.17. The second-order valence-corrected chi connectivity index (χ2v) is 4.66. The Morgan fingerprint density at radius 2 is 2.31 bits per heavy atom. The molecule has 1 unspecified atom stereocenters. The van der Waals surface area contributed by atoms with Crippen LogP contribution >= 0.6 is 0 Å². The second-order valence-electron chi connectivity index (χ2n) is 4.66. The van der Waals surface area contributed by atoms with E-state index in [0.717, 1.165) is 12.2 Å². The number of hydrogen-bond acceptors (Lipinski definition) is 1. The Labute approximate surface area is 98.8 Å². The van der Waals surface area contributed by atoms with Crippen molar-refractivity contribution in [3.8, 4) is 5.75 Å². The molecule has 1 aromatic carbocycles. The first kappa shape index (κ1) is 11.5. The quantitative estimate of drug-likeness (QED) is 0.673. The largest absolute Gasteiger partial charge is 0.490 e. The van der Waals surface area contributed by atoms with Crippen LogP contribution in [-0.2, 0) is 6.42 Å². The van der Waals surface area contributed by atoms with Gasteiger partial charge in [-0.2, -0.15) is 0 Å². The predicted octanol–water partition coefficient (Wildman–Crippen LogP) is 4.15. The molecule has 0 saturated carbocycles. The van der Waals surface area contributed by atoms with E-state index in [-0.39, 0.29) is 0 Å². The third-order valence-corrected chi connectivity index (χ3v) is 3.31. The van der Waals surface area contributed by atoms with Crippen molar-refractivity contribution in [2.75, 3.05) is 0 Å². The first-order valence-electron chi connectivity index (χ1n) is 6.56. The molecule has 1 nitrogen and oxygen atoms in total. The molecule has 0 saturated heterocycles. The molecule has 1 heteroatoms. The van der Waals surface area contributed by atoms with Gasteiger partial charge in [0.15, 0.2) is 0 Å². The highest BCUT2D eigenvalue weighted by Crippen LogP contribution is 2.28. The Bertz CT molecular complexity index is 319. The molecule has 0 aliphatic carbocycles. The number of unbranched alkanes of at least 4 members (excludes halogenated alkanes) is 3. The predicted molar refractivity (Wildman–Crippen MR) is 66.8 cm³/mol. The number of rotatable bonds is 5. The van der Waals surface area contributed by atoms with Crippen LogP contribution in [0, 0.1) is 6.07 Å². The Morgan fingerprint density at radius 3 is 3.19 bits per heavy atom. The van der Waals surface area contributed by atoms with Crippen molar-refractivity contribution in [2.24, 2.45) is 0 Å². The van der Waals surface area contributed by atoms with Crippen molar-refractivity contribution < 1.29 is 4.74 Å². The lowest BCUT2D eigenvalue weighted by molar-refractivity contribution is 0.160. The average Bonchev–Trinajstić information content (AvgIpc) is 2.34. The summed E-state index contributed by atoms with van der Waals surface area (Å²) in [6.07, 6.45) is 9.34. The molecule has 0 fully saturated rings. The van der Waals surface area contributed by atoms with Crippen LogP contribution in [0.15, 0.2) is 18.2 Å². The Kier molecular flexibility index (Phi) is 4.26. The van der Waals surface area contributed by atoms with Gasteiger partial charge >= 0.3 is 0 Å². The van der Waals surface area contributed by atoms with E-state index in [2.05, 4.69) is 19.1 Å². The van der Waals surface area contributed by atoms with E-state index in [1.54, 1.807) is 0 Å². The third-order valence-electron chi connectivity index (χ3n) is 3.31. The second kappa shape index (κ2) is 5.93. The van der Waals surface area contributed by atoms with Crippen LogP contribution in [0.3, 0.4) is 0 Å². The van der Waals surface area contributed by atoms with Crippen molar-refractivity contribution >= 4 is 0 Å². The lowest BCUT2D eigenvalue weighted by atomic mass is 9.98. The summed E-state index contributed by atoms with van der Waals surface area (Å²) in [7, 11) is 0. The first-order chi connectivity index (χ1) is 7.90. The summed E-state index contributed by atoms with van der Waals surface area (Å²) in [6.45, 7) is 2.25. The molecular weight excluding hydrogens is 196 g/mol. The fourth-order valence-corrected chi connectivity index (χ4v) is 2.32. The molecule has 1 aliphatic heterocycles. The molecule has 1 aromatic rings. The Balaban J connectivity index is 1.79. The summed E-state index contributed by atoms with van der Waals surface area (Å²) in [5.41, 5.74) is 1.33. The van der Waals surface area contributed by atoms with Gasteiger partial charge in [-0.15, -0.1) is 0 Å². The Morgan fingerprint density at radius 1 is 1.38 bits per heavy atom. The maximum absolute atomic E-state index is 5.99. The van der Waals surface area contributed by atoms with Crippen molar-refractivity contribution in [1.82, 2.24) is 0 Å². The molecule has 87 valence electrons. The summed E-state index contributed by atoms with van der Waals surface area (Å²) in [5, 5.41) is 0. The zero-order valence-corrected chi connectivity index (χ0v) is 10.2. The molecular formula is C15H21O. The van der Waals surface area contributed by atoms with Crippen molar-refractivity contribution in [3.05, 3.63) is 29.8 Å². The fraction of sp³-hybridized carbons (Fsp3) is 0.600. The summed E-state index contributed by atoms with van der Waals surface area (Å²) in [4.78, 5) is 0. The first-order valence-corrected chi connectivity index (χ1v) is 6.56. The molecule has 0 amide bonds. The van der Waals surface area contributed by atoms with Gasteiger partial charge in [0.2, 0.25) is 0 Å². The monoisotopic (exact) mass is 217 g/mol. The molecule has 0 spiro atoms. The van der Waals surface area contributed by atoms with Gasteiger partial charge in [0.25, 0.3) is 0 Å². The normalized spacial score (nSPS) is 18.9. The highest BCUT2D eigenvalue weighted by molar-refractivity contribution is 5.34. The maximum Gasteiger partial charge on any atom is 0.122 e. The molecule has 0 N–H and O–H groups in total. The van der Waals surface area contributed by atoms with Crippen LogP contribution < -0.4 is 4.74 Å². The molecule has 16 heavy (non-hydrogen) atoms. The van der Waals surface area contributed by atoms with E-state index in [1.165, 1.54) is 44.1 Å². The molecule has 1 aliphatic rings. The van der Waals surface area contributed by atoms with Gasteiger partial charge in [0.1, 0.15) is 5.75 Å². The molecule has 0 bridgehead atoms. The molecule has 1 radical (unpaired) electrons. The van der Waals surface area contributed by atoms with Gasteiger partial charge in [-0.05, 0) is 49.4 Å². The fourth-order valence-electron chi connectivity index (χ4n) is 2.32. The van der Waals surface area contributed by atoms with Gasteiger partial charge in [-0.3, -0.25) is 0 Å². The number of fused-ring (bicyclic) bond motifs is 1. The summed E-state index contributed by atoms with van der Waals surface area (Å²) >= 11 is 0. The van der Waals surface area contributed by atoms with Gasteiger partial charge in [0, 0.05) is 0 Å². The van der Waals surface area contributed by atoms with Gasteiger partial charge < -0.3 is 4.74 Å². The molecule has 2 rings (SSSR count). The van der Waals surface area contributed by atoms with Crippen LogP contribution in [-0.4, -0.2) is 6.10 Å². The zero-order chi connectivity index (χ0) is 11.2.